The molecule has 0 unspecified atom stereocenters. The molecule has 2 rings (SSSR count). The molecule has 16 heavy (non-hydrogen) atoms. The van der Waals surface area contributed by atoms with E-state index in [1.54, 1.807) is 11.0 Å². The van der Waals surface area contributed by atoms with Crippen molar-refractivity contribution in [1.82, 2.24) is 25.2 Å². The van der Waals surface area contributed by atoms with E-state index >= 15 is 0 Å². The molecule has 0 N–H and O–H groups in total. The molecule has 0 spiro atoms. The molecule has 0 aromatic carbocycles. The number of hydrogen-bond donors (Lipinski definition) is 0. The summed E-state index contributed by atoms with van der Waals surface area (Å²) < 4.78 is 0.939. The summed E-state index contributed by atoms with van der Waals surface area (Å²) in [6.45, 7) is 2.94. The van der Waals surface area contributed by atoms with Crippen molar-refractivity contribution in [1.29, 1.82) is 0 Å². The molecule has 0 amide bonds. The topological polar surface area (TPSA) is 56.5 Å². The monoisotopic (exact) mass is 281 g/mol. The summed E-state index contributed by atoms with van der Waals surface area (Å²) in [5.74, 6) is 0.573. The van der Waals surface area contributed by atoms with E-state index in [4.69, 9.17) is 0 Å². The third-order valence-electron chi connectivity index (χ3n) is 2.12. The van der Waals surface area contributed by atoms with Gasteiger partial charge in [0, 0.05) is 10.7 Å². The number of aryl methyl sites for hydroxylation is 1. The molecule has 0 bridgehead atoms. The first-order chi connectivity index (χ1) is 7.79. The SMILES string of the molecule is CCCCn1nnc(-c2ccc(Br)cn2)n1. The van der Waals surface area contributed by atoms with Crippen molar-refractivity contribution >= 4 is 15.9 Å². The van der Waals surface area contributed by atoms with E-state index in [1.807, 2.05) is 12.1 Å². The zero-order valence-corrected chi connectivity index (χ0v) is 10.6. The van der Waals surface area contributed by atoms with Crippen LogP contribution in [0.4, 0.5) is 0 Å². The summed E-state index contributed by atoms with van der Waals surface area (Å²) in [7, 11) is 0. The van der Waals surface area contributed by atoms with Gasteiger partial charge in [0.15, 0.2) is 0 Å². The van der Waals surface area contributed by atoms with Crippen LogP contribution in [0.5, 0.6) is 0 Å². The Morgan fingerprint density at radius 2 is 2.25 bits per heavy atom. The molecular formula is C10H12BrN5. The molecule has 6 heteroatoms. The molecule has 5 nitrogen and oxygen atoms in total. The summed E-state index contributed by atoms with van der Waals surface area (Å²) in [5, 5.41) is 12.2. The number of pyridine rings is 1. The lowest BCUT2D eigenvalue weighted by Gasteiger charge is -1.95. The van der Waals surface area contributed by atoms with Crippen molar-refractivity contribution in [3.8, 4) is 11.5 Å². The van der Waals surface area contributed by atoms with E-state index in [0.29, 0.717) is 5.82 Å². The van der Waals surface area contributed by atoms with Crippen LogP contribution in [0.2, 0.25) is 0 Å². The molecule has 2 aromatic heterocycles. The Morgan fingerprint density at radius 1 is 1.38 bits per heavy atom. The zero-order valence-electron chi connectivity index (χ0n) is 8.97. The van der Waals surface area contributed by atoms with Crippen molar-refractivity contribution in [2.24, 2.45) is 0 Å². The maximum Gasteiger partial charge on any atom is 0.223 e. The summed E-state index contributed by atoms with van der Waals surface area (Å²) in [5.41, 5.74) is 0.742. The van der Waals surface area contributed by atoms with Crippen molar-refractivity contribution in [3.63, 3.8) is 0 Å². The van der Waals surface area contributed by atoms with Gasteiger partial charge in [-0.15, -0.1) is 10.2 Å². The quantitative estimate of drug-likeness (QED) is 0.863. The number of halogens is 1. The van der Waals surface area contributed by atoms with Crippen LogP contribution in [0.3, 0.4) is 0 Å². The number of tetrazole rings is 1. The third kappa shape index (κ3) is 2.63. The van der Waals surface area contributed by atoms with Gasteiger partial charge in [-0.1, -0.05) is 13.3 Å². The van der Waals surface area contributed by atoms with Crippen LogP contribution in [0.1, 0.15) is 19.8 Å². The van der Waals surface area contributed by atoms with Crippen LogP contribution in [0, 0.1) is 0 Å². The molecule has 0 radical (unpaired) electrons. The maximum atomic E-state index is 4.26. The molecule has 2 aromatic rings. The number of unbranched alkanes of at least 4 members (excludes halogenated alkanes) is 1. The summed E-state index contributed by atoms with van der Waals surface area (Å²) in [6.07, 6.45) is 3.90. The third-order valence-corrected chi connectivity index (χ3v) is 2.59. The molecule has 0 atom stereocenters. The van der Waals surface area contributed by atoms with Crippen LogP contribution in [0.15, 0.2) is 22.8 Å². The average molecular weight is 282 g/mol. The second-order valence-electron chi connectivity index (χ2n) is 3.42. The zero-order chi connectivity index (χ0) is 11.4. The van der Waals surface area contributed by atoms with Crippen LogP contribution < -0.4 is 0 Å². The molecule has 84 valence electrons. The van der Waals surface area contributed by atoms with Crippen LogP contribution in [-0.4, -0.2) is 25.2 Å². The van der Waals surface area contributed by atoms with E-state index in [1.165, 1.54) is 0 Å². The molecule has 0 fully saturated rings. The Hall–Kier alpha value is -1.30. The first kappa shape index (κ1) is 11.2. The van der Waals surface area contributed by atoms with E-state index in [-0.39, 0.29) is 0 Å². The number of hydrogen-bond acceptors (Lipinski definition) is 4. The highest BCUT2D eigenvalue weighted by atomic mass is 79.9. The van der Waals surface area contributed by atoms with Gasteiger partial charge in [0.25, 0.3) is 0 Å². The minimum Gasteiger partial charge on any atom is -0.252 e. The van der Waals surface area contributed by atoms with Crippen LogP contribution in [-0.2, 0) is 6.54 Å². The summed E-state index contributed by atoms with van der Waals surface area (Å²) in [4.78, 5) is 5.83. The van der Waals surface area contributed by atoms with Gasteiger partial charge in [0.2, 0.25) is 5.82 Å². The molecule has 0 aliphatic carbocycles. The molecule has 2 heterocycles. The first-order valence-electron chi connectivity index (χ1n) is 5.19. The fourth-order valence-corrected chi connectivity index (χ4v) is 1.48. The lowest BCUT2D eigenvalue weighted by Crippen LogP contribution is -2.02. The molecule has 0 aliphatic rings. The Labute approximate surface area is 102 Å². The van der Waals surface area contributed by atoms with Crippen LogP contribution >= 0.6 is 15.9 Å². The fraction of sp³-hybridized carbons (Fsp3) is 0.400. The predicted molar refractivity (Wildman–Crippen MR) is 63.7 cm³/mol. The normalized spacial score (nSPS) is 10.6. The van der Waals surface area contributed by atoms with Gasteiger partial charge in [-0.25, -0.2) is 0 Å². The minimum atomic E-state index is 0.573. The van der Waals surface area contributed by atoms with E-state index in [0.717, 1.165) is 29.6 Å². The lowest BCUT2D eigenvalue weighted by molar-refractivity contribution is 0.496. The molecular weight excluding hydrogens is 270 g/mol. The van der Waals surface area contributed by atoms with Crippen molar-refractivity contribution < 1.29 is 0 Å². The van der Waals surface area contributed by atoms with Crippen molar-refractivity contribution in [2.45, 2.75) is 26.3 Å². The van der Waals surface area contributed by atoms with Crippen molar-refractivity contribution in [2.75, 3.05) is 0 Å². The number of rotatable bonds is 4. The van der Waals surface area contributed by atoms with E-state index < -0.39 is 0 Å². The molecule has 0 saturated heterocycles. The maximum absolute atomic E-state index is 4.26. The van der Waals surface area contributed by atoms with Gasteiger partial charge in [-0.2, -0.15) is 4.80 Å². The van der Waals surface area contributed by atoms with Gasteiger partial charge in [0.1, 0.15) is 5.69 Å². The molecule has 0 saturated carbocycles. The highest BCUT2D eigenvalue weighted by molar-refractivity contribution is 9.10. The highest BCUT2D eigenvalue weighted by Gasteiger charge is 2.06. The largest absolute Gasteiger partial charge is 0.252 e. The first-order valence-corrected chi connectivity index (χ1v) is 5.98. The summed E-state index contributed by atoms with van der Waals surface area (Å²) in [6, 6.07) is 3.78. The fourth-order valence-electron chi connectivity index (χ4n) is 1.25. The lowest BCUT2D eigenvalue weighted by atomic mass is 10.3. The molecule has 0 aliphatic heterocycles. The van der Waals surface area contributed by atoms with Gasteiger partial charge >= 0.3 is 0 Å². The van der Waals surface area contributed by atoms with Crippen LogP contribution in [0.25, 0.3) is 11.5 Å². The second-order valence-corrected chi connectivity index (χ2v) is 4.34. The number of aromatic nitrogens is 5. The van der Waals surface area contributed by atoms with Gasteiger partial charge in [-0.05, 0) is 39.7 Å². The number of nitrogens with zero attached hydrogens (tertiary/aromatic N) is 5. The Balaban J connectivity index is 2.15. The standard InChI is InChI=1S/C10H12BrN5/c1-2-3-6-16-14-10(13-15-16)9-5-4-8(11)7-12-9/h4-5,7H,2-3,6H2,1H3. The highest BCUT2D eigenvalue weighted by Crippen LogP contribution is 2.13. The predicted octanol–water partition coefficient (Wildman–Crippen LogP) is 2.30. The van der Waals surface area contributed by atoms with Gasteiger partial charge < -0.3 is 0 Å². The van der Waals surface area contributed by atoms with E-state index in [2.05, 4.69) is 43.2 Å². The van der Waals surface area contributed by atoms with Crippen molar-refractivity contribution in [3.05, 3.63) is 22.8 Å². The van der Waals surface area contributed by atoms with Gasteiger partial charge in [-0.3, -0.25) is 4.98 Å². The average Bonchev–Trinajstić information content (AvgIpc) is 2.76. The Kier molecular flexibility index (Phi) is 3.61. The summed E-state index contributed by atoms with van der Waals surface area (Å²) >= 11 is 3.33. The van der Waals surface area contributed by atoms with Gasteiger partial charge in [0.05, 0.1) is 6.54 Å². The Morgan fingerprint density at radius 3 is 2.94 bits per heavy atom. The van der Waals surface area contributed by atoms with E-state index in [9.17, 15) is 0 Å². The second kappa shape index (κ2) is 5.16. The Bertz CT molecular complexity index is 450. The smallest absolute Gasteiger partial charge is 0.223 e. The minimum absolute atomic E-state index is 0.573.